The number of halogens is 2. The largest absolute Gasteiger partial charge is 0.271 e. The first-order chi connectivity index (χ1) is 13.3. The summed E-state index contributed by atoms with van der Waals surface area (Å²) in [6, 6.07) is 10.1. The van der Waals surface area contributed by atoms with Crippen molar-refractivity contribution in [2.75, 3.05) is 13.1 Å². The smallest absolute Gasteiger partial charge is 0.267 e. The van der Waals surface area contributed by atoms with E-state index in [0.717, 1.165) is 12.8 Å². The molecule has 1 fully saturated rings. The first-order valence-corrected chi connectivity index (χ1v) is 10.7. The molecule has 7 nitrogen and oxygen atoms in total. The molecule has 0 atom stereocenters. The molecule has 0 aromatic heterocycles. The number of nitrogens with one attached hydrogen (secondary N) is 2. The van der Waals surface area contributed by atoms with Gasteiger partial charge in [-0.15, -0.1) is 0 Å². The number of rotatable bonds is 4. The number of sulfonamides is 1. The molecule has 1 aliphatic rings. The molecule has 2 amide bonds. The minimum atomic E-state index is -3.55. The molecule has 10 heteroatoms. The maximum Gasteiger partial charge on any atom is 0.271 e. The van der Waals surface area contributed by atoms with Gasteiger partial charge in [-0.05, 0) is 49.2 Å². The van der Waals surface area contributed by atoms with Gasteiger partial charge in [0.15, 0.2) is 0 Å². The lowest BCUT2D eigenvalue weighted by atomic mass is 10.2. The van der Waals surface area contributed by atoms with E-state index in [0.29, 0.717) is 13.1 Å². The van der Waals surface area contributed by atoms with E-state index in [4.69, 9.17) is 23.2 Å². The van der Waals surface area contributed by atoms with Gasteiger partial charge in [-0.1, -0.05) is 29.3 Å². The van der Waals surface area contributed by atoms with Crippen LogP contribution in [0.3, 0.4) is 0 Å². The molecule has 0 bridgehead atoms. The van der Waals surface area contributed by atoms with Crippen molar-refractivity contribution in [1.82, 2.24) is 15.2 Å². The molecule has 0 aliphatic carbocycles. The summed E-state index contributed by atoms with van der Waals surface area (Å²) in [5, 5.41) is 0.294. The minimum Gasteiger partial charge on any atom is -0.267 e. The Bertz CT molecular complexity index is 1000. The van der Waals surface area contributed by atoms with Crippen LogP contribution >= 0.6 is 23.2 Å². The molecule has 1 aliphatic heterocycles. The Labute approximate surface area is 172 Å². The van der Waals surface area contributed by atoms with Gasteiger partial charge < -0.3 is 0 Å². The third kappa shape index (κ3) is 4.30. The van der Waals surface area contributed by atoms with Gasteiger partial charge in [0, 0.05) is 18.7 Å². The maximum absolute atomic E-state index is 12.5. The van der Waals surface area contributed by atoms with Gasteiger partial charge in [-0.3, -0.25) is 20.4 Å². The Morgan fingerprint density at radius 3 is 2.14 bits per heavy atom. The standard InChI is InChI=1S/C18H17Cl2N3O4S/c19-15-5-3-4-14(16(15)20)18(25)22-21-17(24)12-6-8-13(9-7-12)28(26,27)23-10-1-2-11-23/h3-9H,1-2,10-11H2,(H,21,24)(H,22,25). The van der Waals surface area contributed by atoms with Crippen LogP contribution in [0.4, 0.5) is 0 Å². The van der Waals surface area contributed by atoms with E-state index < -0.39 is 21.8 Å². The van der Waals surface area contributed by atoms with Crippen molar-refractivity contribution in [3.63, 3.8) is 0 Å². The summed E-state index contributed by atoms with van der Waals surface area (Å²) in [6.45, 7) is 1.01. The van der Waals surface area contributed by atoms with Crippen molar-refractivity contribution in [3.8, 4) is 0 Å². The lowest BCUT2D eigenvalue weighted by Gasteiger charge is -2.15. The van der Waals surface area contributed by atoms with Crippen molar-refractivity contribution in [1.29, 1.82) is 0 Å². The zero-order valence-electron chi connectivity index (χ0n) is 14.6. The number of hydrogen-bond donors (Lipinski definition) is 2. The fraction of sp³-hybridized carbons (Fsp3) is 0.222. The van der Waals surface area contributed by atoms with Gasteiger partial charge >= 0.3 is 0 Å². The molecule has 1 heterocycles. The van der Waals surface area contributed by atoms with Gasteiger partial charge in [0.05, 0.1) is 20.5 Å². The van der Waals surface area contributed by atoms with Crippen molar-refractivity contribution in [2.45, 2.75) is 17.7 Å². The molecular weight excluding hydrogens is 425 g/mol. The predicted molar refractivity (Wildman–Crippen MR) is 106 cm³/mol. The first kappa shape index (κ1) is 20.6. The average Bonchev–Trinajstić information content (AvgIpc) is 3.24. The van der Waals surface area contributed by atoms with Gasteiger partial charge in [-0.2, -0.15) is 4.31 Å². The number of carbonyl (C=O) groups excluding carboxylic acids is 2. The highest BCUT2D eigenvalue weighted by Gasteiger charge is 2.27. The molecule has 148 valence electrons. The predicted octanol–water partition coefficient (Wildman–Crippen LogP) is 2.85. The number of hydrogen-bond acceptors (Lipinski definition) is 4. The summed E-state index contributed by atoms with van der Waals surface area (Å²) in [5.41, 5.74) is 4.81. The van der Waals surface area contributed by atoms with Crippen molar-refractivity contribution >= 4 is 45.0 Å². The molecule has 28 heavy (non-hydrogen) atoms. The number of benzene rings is 2. The lowest BCUT2D eigenvalue weighted by Crippen LogP contribution is -2.41. The molecular formula is C18H17Cl2N3O4S. The molecule has 0 spiro atoms. The van der Waals surface area contributed by atoms with Gasteiger partial charge in [-0.25, -0.2) is 8.42 Å². The van der Waals surface area contributed by atoms with Crippen LogP contribution in [0.2, 0.25) is 10.0 Å². The number of nitrogens with zero attached hydrogens (tertiary/aromatic N) is 1. The average molecular weight is 442 g/mol. The van der Waals surface area contributed by atoms with Crippen LogP contribution in [-0.2, 0) is 10.0 Å². The molecule has 2 aromatic carbocycles. The molecule has 0 unspecified atom stereocenters. The number of hydrazine groups is 1. The van der Waals surface area contributed by atoms with Crippen molar-refractivity contribution in [3.05, 3.63) is 63.6 Å². The van der Waals surface area contributed by atoms with Gasteiger partial charge in [0.2, 0.25) is 10.0 Å². The Balaban J connectivity index is 1.65. The van der Waals surface area contributed by atoms with E-state index in [-0.39, 0.29) is 26.1 Å². The summed E-state index contributed by atoms with van der Waals surface area (Å²) < 4.78 is 26.4. The molecule has 2 aromatic rings. The second-order valence-corrected chi connectivity index (χ2v) is 8.87. The summed E-state index contributed by atoms with van der Waals surface area (Å²) >= 11 is 11.8. The van der Waals surface area contributed by atoms with Crippen LogP contribution < -0.4 is 10.9 Å². The fourth-order valence-corrected chi connectivity index (χ4v) is 4.69. The molecule has 0 radical (unpaired) electrons. The van der Waals surface area contributed by atoms with Gasteiger partial charge in [0.25, 0.3) is 11.8 Å². The third-order valence-electron chi connectivity index (χ3n) is 4.31. The van der Waals surface area contributed by atoms with E-state index in [1.54, 1.807) is 6.07 Å². The lowest BCUT2D eigenvalue weighted by molar-refractivity contribution is 0.0846. The molecule has 2 N–H and O–H groups in total. The Hall–Kier alpha value is -2.13. The van der Waals surface area contributed by atoms with Crippen molar-refractivity contribution in [2.24, 2.45) is 0 Å². The van der Waals surface area contributed by atoms with Crippen LogP contribution in [0.1, 0.15) is 33.6 Å². The summed E-state index contributed by atoms with van der Waals surface area (Å²) in [5.74, 6) is -1.23. The first-order valence-electron chi connectivity index (χ1n) is 8.45. The number of amides is 2. The summed E-state index contributed by atoms with van der Waals surface area (Å²) in [4.78, 5) is 24.5. The van der Waals surface area contributed by atoms with Crippen molar-refractivity contribution < 1.29 is 18.0 Å². The maximum atomic E-state index is 12.5. The van der Waals surface area contributed by atoms with E-state index in [1.165, 1.54) is 40.7 Å². The minimum absolute atomic E-state index is 0.0763. The summed E-state index contributed by atoms with van der Waals surface area (Å²) in [6.07, 6.45) is 1.69. The second kappa shape index (κ2) is 8.48. The zero-order valence-corrected chi connectivity index (χ0v) is 16.9. The highest BCUT2D eigenvalue weighted by Crippen LogP contribution is 2.25. The topological polar surface area (TPSA) is 95.6 Å². The highest BCUT2D eigenvalue weighted by atomic mass is 35.5. The Morgan fingerprint density at radius 1 is 0.893 bits per heavy atom. The van der Waals surface area contributed by atoms with Crippen LogP contribution in [0, 0.1) is 0 Å². The summed E-state index contributed by atoms with van der Waals surface area (Å²) in [7, 11) is -3.55. The van der Waals surface area contributed by atoms with E-state index >= 15 is 0 Å². The van der Waals surface area contributed by atoms with Gasteiger partial charge in [0.1, 0.15) is 0 Å². The Kier molecular flexibility index (Phi) is 6.24. The normalized spacial score (nSPS) is 14.6. The van der Waals surface area contributed by atoms with Crippen LogP contribution in [0.15, 0.2) is 47.4 Å². The fourth-order valence-electron chi connectivity index (χ4n) is 2.79. The highest BCUT2D eigenvalue weighted by molar-refractivity contribution is 7.89. The Morgan fingerprint density at radius 2 is 1.50 bits per heavy atom. The molecule has 3 rings (SSSR count). The van der Waals surface area contributed by atoms with Crippen LogP contribution in [0.5, 0.6) is 0 Å². The number of carbonyl (C=O) groups is 2. The van der Waals surface area contributed by atoms with Crippen LogP contribution in [-0.4, -0.2) is 37.6 Å². The quantitative estimate of drug-likeness (QED) is 0.712. The zero-order chi connectivity index (χ0) is 20.3. The monoisotopic (exact) mass is 441 g/mol. The van der Waals surface area contributed by atoms with Crippen LogP contribution in [0.25, 0.3) is 0 Å². The molecule has 0 saturated carbocycles. The molecule has 1 saturated heterocycles. The van der Waals surface area contributed by atoms with E-state index in [9.17, 15) is 18.0 Å². The van der Waals surface area contributed by atoms with E-state index in [2.05, 4.69) is 10.9 Å². The van der Waals surface area contributed by atoms with E-state index in [1.807, 2.05) is 0 Å². The SMILES string of the molecule is O=C(NNC(=O)c1cccc(Cl)c1Cl)c1ccc(S(=O)(=O)N2CCCC2)cc1. The second-order valence-electron chi connectivity index (χ2n) is 6.15. The third-order valence-corrected chi connectivity index (χ3v) is 7.04.